The van der Waals surface area contributed by atoms with Gasteiger partial charge in [-0.15, -0.1) is 0 Å². The van der Waals surface area contributed by atoms with Crippen LogP contribution in [-0.2, 0) is 20.9 Å². The van der Waals surface area contributed by atoms with Crippen molar-refractivity contribution >= 4 is 23.4 Å². The zero-order valence-electron chi connectivity index (χ0n) is 20.7. The van der Waals surface area contributed by atoms with Crippen LogP contribution in [0.4, 0.5) is 0 Å². The third-order valence-corrected chi connectivity index (χ3v) is 5.96. The molecule has 1 aromatic heterocycles. The van der Waals surface area contributed by atoms with Gasteiger partial charge in [-0.2, -0.15) is 0 Å². The predicted octanol–water partition coefficient (Wildman–Crippen LogP) is 4.67. The lowest BCUT2D eigenvalue weighted by atomic mass is 9.96. The first-order valence-electron chi connectivity index (χ1n) is 12.1. The second-order valence-corrected chi connectivity index (χ2v) is 8.50. The minimum Gasteiger partial charge on any atom is -0.507 e. The van der Waals surface area contributed by atoms with Crippen molar-refractivity contribution in [1.29, 1.82) is 0 Å². The quantitative estimate of drug-likeness (QED) is 0.197. The number of pyridine rings is 1. The Hall–Kier alpha value is -4.46. The second-order valence-electron chi connectivity index (χ2n) is 8.50. The number of carbonyl (C=O) groups is 3. The van der Waals surface area contributed by atoms with Gasteiger partial charge >= 0.3 is 5.97 Å². The SMILES string of the molecule is CCCOc1ccc(/C(O)=C2\C(=O)C(=O)N(Cc3ccc(C(=O)OCC)cc3)C2c2cccnc2)cc1. The van der Waals surface area contributed by atoms with E-state index >= 15 is 0 Å². The highest BCUT2D eigenvalue weighted by atomic mass is 16.5. The summed E-state index contributed by atoms with van der Waals surface area (Å²) in [5.74, 6) is -1.56. The molecule has 3 aromatic rings. The fraction of sp³-hybridized carbons (Fsp3) is 0.241. The van der Waals surface area contributed by atoms with Crippen molar-refractivity contribution in [2.24, 2.45) is 0 Å². The van der Waals surface area contributed by atoms with Crippen LogP contribution in [0.5, 0.6) is 5.75 Å². The van der Waals surface area contributed by atoms with Gasteiger partial charge in [-0.3, -0.25) is 14.6 Å². The maximum atomic E-state index is 13.2. The zero-order valence-corrected chi connectivity index (χ0v) is 20.7. The van der Waals surface area contributed by atoms with Crippen LogP contribution in [0, 0.1) is 0 Å². The molecule has 1 aliphatic rings. The molecule has 1 unspecified atom stereocenters. The van der Waals surface area contributed by atoms with Gasteiger partial charge in [0.2, 0.25) is 0 Å². The molecular weight excluding hydrogens is 472 g/mol. The van der Waals surface area contributed by atoms with E-state index in [1.165, 1.54) is 4.90 Å². The molecule has 1 fully saturated rings. The summed E-state index contributed by atoms with van der Waals surface area (Å²) in [4.78, 5) is 43.9. The van der Waals surface area contributed by atoms with Crippen LogP contribution >= 0.6 is 0 Å². The van der Waals surface area contributed by atoms with E-state index in [4.69, 9.17) is 9.47 Å². The minimum absolute atomic E-state index is 0.0108. The van der Waals surface area contributed by atoms with Gasteiger partial charge in [0.15, 0.2) is 0 Å². The maximum Gasteiger partial charge on any atom is 0.338 e. The summed E-state index contributed by atoms with van der Waals surface area (Å²) in [6.45, 7) is 4.67. The number of hydrogen-bond acceptors (Lipinski definition) is 7. The Bertz CT molecular complexity index is 1300. The highest BCUT2D eigenvalue weighted by Gasteiger charge is 2.46. The Kier molecular flexibility index (Phi) is 7.98. The van der Waals surface area contributed by atoms with Crippen molar-refractivity contribution in [3.63, 3.8) is 0 Å². The number of benzene rings is 2. The standard InChI is InChI=1S/C29H28N2O6/c1-3-16-37-23-13-11-20(12-14-23)26(32)24-25(22-6-5-15-30-17-22)31(28(34)27(24)33)18-19-7-9-21(10-8-19)29(35)36-4-2/h5-15,17,25,32H,3-4,16,18H2,1-2H3/b26-24+. The molecule has 8 heteroatoms. The van der Waals surface area contributed by atoms with Crippen molar-refractivity contribution in [2.75, 3.05) is 13.2 Å². The van der Waals surface area contributed by atoms with Crippen LogP contribution < -0.4 is 4.74 Å². The van der Waals surface area contributed by atoms with E-state index in [0.29, 0.717) is 34.6 Å². The molecule has 1 amide bonds. The average molecular weight is 501 g/mol. The van der Waals surface area contributed by atoms with Gasteiger partial charge in [0.05, 0.1) is 30.4 Å². The number of rotatable bonds is 9. The number of likely N-dealkylation sites (tertiary alicyclic amines) is 1. The molecule has 1 atom stereocenters. The fourth-order valence-electron chi connectivity index (χ4n) is 4.17. The number of ether oxygens (including phenoxy) is 2. The van der Waals surface area contributed by atoms with E-state index < -0.39 is 23.7 Å². The van der Waals surface area contributed by atoms with E-state index in [-0.39, 0.29) is 24.5 Å². The van der Waals surface area contributed by atoms with Crippen LogP contribution in [-0.4, -0.2) is 45.9 Å². The number of aliphatic hydroxyl groups excluding tert-OH is 1. The number of esters is 1. The second kappa shape index (κ2) is 11.5. The van der Waals surface area contributed by atoms with Crippen LogP contribution in [0.25, 0.3) is 5.76 Å². The van der Waals surface area contributed by atoms with Crippen molar-refractivity contribution in [2.45, 2.75) is 32.9 Å². The van der Waals surface area contributed by atoms with E-state index in [9.17, 15) is 19.5 Å². The lowest BCUT2D eigenvalue weighted by molar-refractivity contribution is -0.140. The van der Waals surface area contributed by atoms with Crippen LogP contribution in [0.15, 0.2) is 78.6 Å². The molecule has 0 aliphatic carbocycles. The highest BCUT2D eigenvalue weighted by molar-refractivity contribution is 6.46. The molecule has 2 heterocycles. The Labute approximate surface area is 215 Å². The summed E-state index contributed by atoms with van der Waals surface area (Å²) in [7, 11) is 0. The lowest BCUT2D eigenvalue weighted by Crippen LogP contribution is -2.29. The Morgan fingerprint density at radius 3 is 2.32 bits per heavy atom. The number of aliphatic hydroxyl groups is 1. The third kappa shape index (κ3) is 5.53. The van der Waals surface area contributed by atoms with E-state index in [0.717, 1.165) is 6.42 Å². The first-order valence-corrected chi connectivity index (χ1v) is 12.1. The number of Topliss-reactive ketones (excluding diaryl/α,β-unsaturated/α-hetero) is 1. The number of ketones is 1. The Balaban J connectivity index is 1.70. The van der Waals surface area contributed by atoms with Gasteiger partial charge < -0.3 is 19.5 Å². The zero-order chi connectivity index (χ0) is 26.4. The highest BCUT2D eigenvalue weighted by Crippen LogP contribution is 2.40. The summed E-state index contributed by atoms with van der Waals surface area (Å²) in [6.07, 6.45) is 4.03. The summed E-state index contributed by atoms with van der Waals surface area (Å²) < 4.78 is 10.6. The molecular formula is C29H28N2O6. The number of hydrogen-bond donors (Lipinski definition) is 1. The molecule has 0 radical (unpaired) electrons. The molecule has 4 rings (SSSR count). The first-order chi connectivity index (χ1) is 17.9. The summed E-state index contributed by atoms with van der Waals surface area (Å²) in [6, 6.07) is 16.0. The molecule has 190 valence electrons. The summed E-state index contributed by atoms with van der Waals surface area (Å²) in [5.41, 5.74) is 2.08. The van der Waals surface area contributed by atoms with Crippen LogP contribution in [0.1, 0.15) is 53.4 Å². The average Bonchev–Trinajstić information content (AvgIpc) is 3.17. The molecule has 8 nitrogen and oxygen atoms in total. The molecule has 1 N–H and O–H groups in total. The minimum atomic E-state index is -0.838. The van der Waals surface area contributed by atoms with Crippen molar-refractivity contribution in [3.05, 3.63) is 101 Å². The number of nitrogens with zero attached hydrogens (tertiary/aromatic N) is 2. The number of aromatic nitrogens is 1. The van der Waals surface area contributed by atoms with E-state index in [2.05, 4.69) is 4.98 Å². The first kappa shape index (κ1) is 25.6. The van der Waals surface area contributed by atoms with E-state index in [1.54, 1.807) is 80.0 Å². The molecule has 37 heavy (non-hydrogen) atoms. The number of amides is 1. The monoisotopic (exact) mass is 500 g/mol. The normalized spacial score (nSPS) is 16.6. The molecule has 0 bridgehead atoms. The molecule has 2 aromatic carbocycles. The summed E-state index contributed by atoms with van der Waals surface area (Å²) in [5, 5.41) is 11.2. The van der Waals surface area contributed by atoms with Gasteiger partial charge in [0.1, 0.15) is 11.5 Å². The molecule has 1 aliphatic heterocycles. The van der Waals surface area contributed by atoms with Crippen molar-refractivity contribution in [3.8, 4) is 5.75 Å². The van der Waals surface area contributed by atoms with Crippen LogP contribution in [0.2, 0.25) is 0 Å². The van der Waals surface area contributed by atoms with Crippen LogP contribution in [0.3, 0.4) is 0 Å². The van der Waals surface area contributed by atoms with Gasteiger partial charge in [0.25, 0.3) is 11.7 Å². The smallest absolute Gasteiger partial charge is 0.338 e. The van der Waals surface area contributed by atoms with Crippen molar-refractivity contribution in [1.82, 2.24) is 9.88 Å². The Morgan fingerprint density at radius 2 is 1.70 bits per heavy atom. The fourth-order valence-corrected chi connectivity index (χ4v) is 4.17. The molecule has 0 spiro atoms. The van der Waals surface area contributed by atoms with Gasteiger partial charge in [-0.05, 0) is 66.9 Å². The number of carbonyl (C=O) groups excluding carboxylic acids is 3. The lowest BCUT2D eigenvalue weighted by Gasteiger charge is -2.25. The maximum absolute atomic E-state index is 13.2. The van der Waals surface area contributed by atoms with Gasteiger partial charge in [-0.1, -0.05) is 25.1 Å². The predicted molar refractivity (Wildman–Crippen MR) is 137 cm³/mol. The molecule has 1 saturated heterocycles. The van der Waals surface area contributed by atoms with E-state index in [1.807, 2.05) is 6.92 Å². The Morgan fingerprint density at radius 1 is 1.00 bits per heavy atom. The molecule has 0 saturated carbocycles. The van der Waals surface area contributed by atoms with Gasteiger partial charge in [-0.25, -0.2) is 4.79 Å². The largest absolute Gasteiger partial charge is 0.507 e. The van der Waals surface area contributed by atoms with Crippen molar-refractivity contribution < 1.29 is 29.0 Å². The third-order valence-electron chi connectivity index (χ3n) is 5.96. The topological polar surface area (TPSA) is 106 Å². The summed E-state index contributed by atoms with van der Waals surface area (Å²) >= 11 is 0. The van der Waals surface area contributed by atoms with Gasteiger partial charge in [0, 0.05) is 24.5 Å².